The lowest BCUT2D eigenvalue weighted by atomic mass is 10.0. The van der Waals surface area contributed by atoms with E-state index in [-0.39, 0.29) is 17.7 Å². The molecule has 0 fully saturated rings. The predicted octanol–water partition coefficient (Wildman–Crippen LogP) is 4.59. The number of carbonyl (C=O) groups is 2. The van der Waals surface area contributed by atoms with E-state index >= 15 is 0 Å². The number of aryl methyl sites for hydroxylation is 1. The van der Waals surface area contributed by atoms with Crippen LogP contribution < -0.4 is 10.6 Å². The molecule has 2 aliphatic heterocycles. The molecule has 0 radical (unpaired) electrons. The van der Waals surface area contributed by atoms with Crippen LogP contribution in [0.2, 0.25) is 0 Å². The quantitative estimate of drug-likeness (QED) is 0.411. The summed E-state index contributed by atoms with van der Waals surface area (Å²) in [6.45, 7) is 4.79. The van der Waals surface area contributed by atoms with Gasteiger partial charge in [-0.2, -0.15) is 0 Å². The molecule has 2 aliphatic rings. The Bertz CT molecular complexity index is 1310. The number of hydrogen-bond acceptors (Lipinski definition) is 8. The van der Waals surface area contributed by atoms with Gasteiger partial charge in [0, 0.05) is 29.1 Å². The molecule has 1 atom stereocenters. The maximum atomic E-state index is 13.0. The van der Waals surface area contributed by atoms with Crippen molar-refractivity contribution >= 4 is 34.0 Å². The third-order valence-electron chi connectivity index (χ3n) is 5.96. The smallest absolute Gasteiger partial charge is 0.410 e. The van der Waals surface area contributed by atoms with Gasteiger partial charge in [-0.05, 0) is 49.6 Å². The van der Waals surface area contributed by atoms with Gasteiger partial charge in [0.1, 0.15) is 16.5 Å². The number of ether oxygens (including phenoxy) is 1. The number of thiophene rings is 1. The van der Waals surface area contributed by atoms with Gasteiger partial charge in [-0.3, -0.25) is 14.9 Å². The number of carbonyl (C=O) groups excluding carboxylic acids is 2. The van der Waals surface area contributed by atoms with Gasteiger partial charge in [0.05, 0.1) is 23.6 Å². The number of fused-ring (bicyclic) bond motifs is 3. The zero-order valence-electron chi connectivity index (χ0n) is 18.5. The Kier molecular flexibility index (Phi) is 5.48. The van der Waals surface area contributed by atoms with Crippen molar-refractivity contribution in [1.29, 1.82) is 0 Å². The minimum atomic E-state index is -0.562. The molecule has 176 valence electrons. The lowest BCUT2D eigenvalue weighted by Crippen LogP contribution is -2.39. The first kappa shape index (κ1) is 22.0. The van der Waals surface area contributed by atoms with Crippen molar-refractivity contribution in [3.05, 3.63) is 67.8 Å². The summed E-state index contributed by atoms with van der Waals surface area (Å²) in [5.41, 5.74) is 3.06. The van der Waals surface area contributed by atoms with Crippen molar-refractivity contribution in [2.75, 3.05) is 18.5 Å². The van der Waals surface area contributed by atoms with E-state index in [0.717, 1.165) is 26.6 Å². The fraction of sp³-hybridized carbons (Fsp3) is 0.304. The highest BCUT2D eigenvalue weighted by atomic mass is 32.1. The highest BCUT2D eigenvalue weighted by molar-refractivity contribution is 7.16. The summed E-state index contributed by atoms with van der Waals surface area (Å²) in [6, 6.07) is 8.15. The molecule has 0 unspecified atom stereocenters. The lowest BCUT2D eigenvalue weighted by Gasteiger charge is -2.27. The van der Waals surface area contributed by atoms with E-state index in [1.54, 1.807) is 36.9 Å². The number of amides is 2. The Hall–Kier alpha value is -3.86. The van der Waals surface area contributed by atoms with Gasteiger partial charge in [0.25, 0.3) is 11.6 Å². The second-order valence-electron chi connectivity index (χ2n) is 8.09. The van der Waals surface area contributed by atoms with E-state index in [2.05, 4.69) is 10.6 Å². The monoisotopic (exact) mass is 482 g/mol. The van der Waals surface area contributed by atoms with E-state index < -0.39 is 11.1 Å². The summed E-state index contributed by atoms with van der Waals surface area (Å²) in [5, 5.41) is 18.0. The molecular formula is C23H22N4O6S. The number of nitro groups is 1. The van der Waals surface area contributed by atoms with Crippen molar-refractivity contribution in [1.82, 2.24) is 10.2 Å². The number of nitro benzene ring substituents is 1. The Labute approximate surface area is 198 Å². The first-order valence-corrected chi connectivity index (χ1v) is 11.7. The molecule has 0 aliphatic carbocycles. The number of nitrogens with one attached hydrogen (secondary N) is 2. The van der Waals surface area contributed by atoms with E-state index in [0.29, 0.717) is 43.2 Å². The molecule has 5 rings (SSSR count). The van der Waals surface area contributed by atoms with Gasteiger partial charge in [-0.1, -0.05) is 0 Å². The molecule has 2 aromatic heterocycles. The number of anilines is 1. The summed E-state index contributed by atoms with van der Waals surface area (Å²) >= 11 is 1.46. The normalized spacial score (nSPS) is 16.8. The maximum Gasteiger partial charge on any atom is 0.410 e. The highest BCUT2D eigenvalue weighted by Gasteiger charge is 2.35. The Morgan fingerprint density at radius 1 is 1.32 bits per heavy atom. The molecule has 0 bridgehead atoms. The average molecular weight is 483 g/mol. The average Bonchev–Trinajstić information content (AvgIpc) is 3.43. The van der Waals surface area contributed by atoms with Crippen LogP contribution in [0.25, 0.3) is 11.3 Å². The molecule has 34 heavy (non-hydrogen) atoms. The molecule has 0 saturated carbocycles. The van der Waals surface area contributed by atoms with Crippen molar-refractivity contribution < 1.29 is 23.7 Å². The summed E-state index contributed by atoms with van der Waals surface area (Å²) in [7, 11) is 0. The van der Waals surface area contributed by atoms with Crippen molar-refractivity contribution in [3.8, 4) is 11.3 Å². The molecule has 4 heterocycles. The zero-order valence-corrected chi connectivity index (χ0v) is 19.4. The molecule has 2 amide bonds. The third-order valence-corrected chi connectivity index (χ3v) is 7.11. The number of benzene rings is 1. The fourth-order valence-electron chi connectivity index (χ4n) is 4.32. The van der Waals surface area contributed by atoms with Crippen LogP contribution in [-0.4, -0.2) is 35.0 Å². The Morgan fingerprint density at radius 3 is 2.88 bits per heavy atom. The first-order valence-electron chi connectivity index (χ1n) is 10.8. The second kappa shape index (κ2) is 8.49. The summed E-state index contributed by atoms with van der Waals surface area (Å²) in [5.74, 6) is 0.886. The summed E-state index contributed by atoms with van der Waals surface area (Å²) in [4.78, 5) is 38.3. The minimum Gasteiger partial charge on any atom is -0.457 e. The van der Waals surface area contributed by atoms with Gasteiger partial charge in [-0.15, -0.1) is 11.3 Å². The van der Waals surface area contributed by atoms with E-state index in [9.17, 15) is 19.7 Å². The molecule has 11 heteroatoms. The largest absolute Gasteiger partial charge is 0.457 e. The predicted molar refractivity (Wildman–Crippen MR) is 125 cm³/mol. The van der Waals surface area contributed by atoms with Gasteiger partial charge in [0.2, 0.25) is 0 Å². The van der Waals surface area contributed by atoms with Crippen LogP contribution in [0.3, 0.4) is 0 Å². The van der Waals surface area contributed by atoms with Gasteiger partial charge in [0.15, 0.2) is 6.17 Å². The lowest BCUT2D eigenvalue weighted by molar-refractivity contribution is -0.384. The number of furan rings is 1. The highest BCUT2D eigenvalue weighted by Crippen LogP contribution is 2.41. The molecule has 2 N–H and O–H groups in total. The Morgan fingerprint density at radius 2 is 2.15 bits per heavy atom. The Balaban J connectivity index is 1.38. The van der Waals surface area contributed by atoms with Crippen LogP contribution in [0.1, 0.15) is 45.2 Å². The summed E-state index contributed by atoms with van der Waals surface area (Å²) in [6.07, 6.45) is -0.322. The van der Waals surface area contributed by atoms with Crippen molar-refractivity contribution in [2.24, 2.45) is 0 Å². The fourth-order valence-corrected chi connectivity index (χ4v) is 5.61. The number of non-ortho nitro benzene ring substituents is 1. The van der Waals surface area contributed by atoms with Crippen LogP contribution in [0.5, 0.6) is 0 Å². The molecule has 10 nitrogen and oxygen atoms in total. The minimum absolute atomic E-state index is 0.0185. The molecule has 0 saturated heterocycles. The maximum absolute atomic E-state index is 13.0. The van der Waals surface area contributed by atoms with Gasteiger partial charge < -0.3 is 24.7 Å². The van der Waals surface area contributed by atoms with Gasteiger partial charge >= 0.3 is 6.09 Å². The molecule has 1 aromatic carbocycles. The van der Waals surface area contributed by atoms with Crippen LogP contribution in [0.4, 0.5) is 15.5 Å². The molecule has 0 spiro atoms. The SMILES string of the molecule is CCOC(=O)N1CCc2c(sc3c2C(=O)N[C@H](c2ccc(-c4ccc([N+](=O)[O-])cc4C)o2)N3)C1. The second-order valence-corrected chi connectivity index (χ2v) is 9.19. The van der Waals surface area contributed by atoms with E-state index in [1.165, 1.54) is 23.5 Å². The van der Waals surface area contributed by atoms with E-state index in [1.807, 2.05) is 0 Å². The topological polar surface area (TPSA) is 127 Å². The van der Waals surface area contributed by atoms with Crippen LogP contribution in [0.15, 0.2) is 34.7 Å². The first-order chi connectivity index (χ1) is 16.4. The number of rotatable bonds is 4. The van der Waals surface area contributed by atoms with Crippen LogP contribution in [-0.2, 0) is 17.7 Å². The van der Waals surface area contributed by atoms with E-state index in [4.69, 9.17) is 9.15 Å². The molecule has 3 aromatic rings. The third kappa shape index (κ3) is 3.77. The van der Waals surface area contributed by atoms with Gasteiger partial charge in [-0.25, -0.2) is 4.79 Å². The van der Waals surface area contributed by atoms with Crippen LogP contribution in [0, 0.1) is 17.0 Å². The van der Waals surface area contributed by atoms with Crippen molar-refractivity contribution in [2.45, 2.75) is 33.0 Å². The number of nitrogens with zero attached hydrogens (tertiary/aromatic N) is 2. The summed E-state index contributed by atoms with van der Waals surface area (Å²) < 4.78 is 11.1. The number of hydrogen-bond donors (Lipinski definition) is 2. The van der Waals surface area contributed by atoms with Crippen molar-refractivity contribution in [3.63, 3.8) is 0 Å². The molecular weight excluding hydrogens is 460 g/mol. The standard InChI is InChI=1S/C23H22N4O6S/c1-3-32-23(29)26-9-8-15-18(11-26)34-22-19(15)21(28)24-20(25-22)17-7-6-16(33-17)14-5-4-13(27(30)31)10-12(14)2/h4-7,10,20,25H,3,8-9,11H2,1-2H3,(H,24,28)/t20-/m0/s1. The zero-order chi connectivity index (χ0) is 24.0. The van der Waals surface area contributed by atoms with Crippen LogP contribution >= 0.6 is 11.3 Å².